The summed E-state index contributed by atoms with van der Waals surface area (Å²) in [5.41, 5.74) is 2.01. The van der Waals surface area contributed by atoms with Crippen molar-refractivity contribution in [2.45, 2.75) is 0 Å². The Morgan fingerprint density at radius 1 is 1.13 bits per heavy atom. The van der Waals surface area contributed by atoms with Gasteiger partial charge in [0.05, 0.1) is 5.69 Å². The highest BCUT2D eigenvalue weighted by Gasteiger charge is 2.21. The second-order valence-corrected chi connectivity index (χ2v) is 3.76. The van der Waals surface area contributed by atoms with Gasteiger partial charge in [-0.1, -0.05) is 30.3 Å². The average molecular weight is 216 g/mol. The molecule has 3 rings (SSSR count). The molecular weight excluding hydrogens is 210 g/mol. The van der Waals surface area contributed by atoms with Crippen molar-refractivity contribution in [3.63, 3.8) is 0 Å². The fraction of sp³-hybridized carbons (Fsp3) is 0. The zero-order chi connectivity index (χ0) is 10.4. The third-order valence-corrected chi connectivity index (χ3v) is 2.74. The average Bonchev–Trinajstić information content (AvgIpc) is 2.61. The summed E-state index contributed by atoms with van der Waals surface area (Å²) in [6.07, 6.45) is 0. The molecule has 0 aliphatic carbocycles. The SMILES string of the molecule is O=C(Cl)C1=Nc2cccc3cccc1c23. The summed E-state index contributed by atoms with van der Waals surface area (Å²) in [6.45, 7) is 0. The lowest BCUT2D eigenvalue weighted by Crippen LogP contribution is -2.05. The second kappa shape index (κ2) is 2.91. The molecule has 15 heavy (non-hydrogen) atoms. The fourth-order valence-corrected chi connectivity index (χ4v) is 2.09. The van der Waals surface area contributed by atoms with Gasteiger partial charge in [-0.2, -0.15) is 0 Å². The van der Waals surface area contributed by atoms with Gasteiger partial charge in [-0.15, -0.1) is 0 Å². The highest BCUT2D eigenvalue weighted by Crippen LogP contribution is 2.35. The quantitative estimate of drug-likeness (QED) is 0.673. The van der Waals surface area contributed by atoms with Crippen molar-refractivity contribution in [2.75, 3.05) is 0 Å². The van der Waals surface area contributed by atoms with Crippen molar-refractivity contribution in [3.8, 4) is 0 Å². The molecule has 72 valence electrons. The molecule has 0 amide bonds. The summed E-state index contributed by atoms with van der Waals surface area (Å²) in [5.74, 6) is 0. The first kappa shape index (κ1) is 8.62. The number of nitrogens with zero attached hydrogens (tertiary/aromatic N) is 1. The van der Waals surface area contributed by atoms with E-state index in [1.54, 1.807) is 0 Å². The number of carbonyl (C=O) groups is 1. The van der Waals surface area contributed by atoms with E-state index in [-0.39, 0.29) is 0 Å². The summed E-state index contributed by atoms with van der Waals surface area (Å²) >= 11 is 5.49. The lowest BCUT2D eigenvalue weighted by atomic mass is 10.0. The van der Waals surface area contributed by atoms with Crippen LogP contribution in [0, 0.1) is 0 Å². The van der Waals surface area contributed by atoms with E-state index in [4.69, 9.17) is 11.6 Å². The third-order valence-electron chi connectivity index (χ3n) is 2.56. The molecule has 0 bridgehead atoms. The van der Waals surface area contributed by atoms with Crippen LogP contribution in [0.2, 0.25) is 0 Å². The smallest absolute Gasteiger partial charge is 0.271 e. The molecule has 1 aliphatic heterocycles. The molecule has 0 saturated carbocycles. The molecule has 0 atom stereocenters. The van der Waals surface area contributed by atoms with Crippen LogP contribution in [0.3, 0.4) is 0 Å². The molecule has 2 aromatic rings. The lowest BCUT2D eigenvalue weighted by molar-refractivity contribution is -0.106. The minimum atomic E-state index is -0.501. The van der Waals surface area contributed by atoms with Crippen molar-refractivity contribution in [2.24, 2.45) is 4.99 Å². The predicted molar refractivity (Wildman–Crippen MR) is 61.0 cm³/mol. The van der Waals surface area contributed by atoms with Gasteiger partial charge < -0.3 is 0 Å². The van der Waals surface area contributed by atoms with Crippen LogP contribution in [-0.2, 0) is 4.79 Å². The molecule has 2 nitrogen and oxygen atoms in total. The highest BCUT2D eigenvalue weighted by atomic mass is 35.5. The Labute approximate surface area is 91.2 Å². The van der Waals surface area contributed by atoms with Crippen LogP contribution < -0.4 is 0 Å². The highest BCUT2D eigenvalue weighted by molar-refractivity contribution is 6.84. The zero-order valence-corrected chi connectivity index (χ0v) is 8.45. The number of carbonyl (C=O) groups excluding carboxylic acids is 1. The Morgan fingerprint density at radius 3 is 2.60 bits per heavy atom. The Hall–Kier alpha value is -1.67. The van der Waals surface area contributed by atoms with E-state index in [0.29, 0.717) is 5.71 Å². The predicted octanol–water partition coefficient (Wildman–Crippen LogP) is 3.04. The zero-order valence-electron chi connectivity index (χ0n) is 7.70. The van der Waals surface area contributed by atoms with Crippen LogP contribution in [0.5, 0.6) is 0 Å². The van der Waals surface area contributed by atoms with Crippen molar-refractivity contribution in [3.05, 3.63) is 42.0 Å². The fourth-order valence-electron chi connectivity index (χ4n) is 1.94. The minimum Gasteiger partial charge on any atom is -0.274 e. The second-order valence-electron chi connectivity index (χ2n) is 3.41. The van der Waals surface area contributed by atoms with Crippen LogP contribution in [0.1, 0.15) is 5.56 Å². The van der Waals surface area contributed by atoms with Crippen molar-refractivity contribution >= 4 is 39.0 Å². The van der Waals surface area contributed by atoms with Crippen LogP contribution in [-0.4, -0.2) is 11.0 Å². The first-order chi connectivity index (χ1) is 7.27. The summed E-state index contributed by atoms with van der Waals surface area (Å²) in [7, 11) is 0. The number of halogens is 1. The van der Waals surface area contributed by atoms with E-state index < -0.39 is 5.24 Å². The number of benzene rings is 2. The number of aliphatic imine (C=N–C) groups is 1. The Bertz CT molecular complexity index is 611. The van der Waals surface area contributed by atoms with Gasteiger partial charge in [-0.3, -0.25) is 4.79 Å². The van der Waals surface area contributed by atoms with Crippen molar-refractivity contribution in [1.82, 2.24) is 0 Å². The van der Waals surface area contributed by atoms with Crippen molar-refractivity contribution < 1.29 is 4.79 Å². The molecule has 0 fully saturated rings. The van der Waals surface area contributed by atoms with Gasteiger partial charge in [0.15, 0.2) is 0 Å². The monoisotopic (exact) mass is 215 g/mol. The van der Waals surface area contributed by atoms with Gasteiger partial charge in [0.1, 0.15) is 5.71 Å². The standard InChI is InChI=1S/C12H6ClNO/c13-12(15)11-8-5-1-3-7-4-2-6-9(14-11)10(7)8/h1-6H. The maximum atomic E-state index is 11.2. The van der Waals surface area contributed by atoms with Gasteiger partial charge in [-0.25, -0.2) is 4.99 Å². The Kier molecular flexibility index (Phi) is 1.67. The summed E-state index contributed by atoms with van der Waals surface area (Å²) in [4.78, 5) is 15.4. The first-order valence-electron chi connectivity index (χ1n) is 4.58. The van der Waals surface area contributed by atoms with E-state index in [9.17, 15) is 4.79 Å². The molecule has 0 spiro atoms. The topological polar surface area (TPSA) is 29.4 Å². The summed E-state index contributed by atoms with van der Waals surface area (Å²) in [6, 6.07) is 11.6. The summed E-state index contributed by atoms with van der Waals surface area (Å²) in [5, 5.41) is 1.60. The normalized spacial score (nSPS) is 13.0. The molecule has 0 unspecified atom stereocenters. The van der Waals surface area contributed by atoms with E-state index in [1.807, 2.05) is 36.4 Å². The molecular formula is C12H6ClNO. The van der Waals surface area contributed by atoms with Crippen molar-refractivity contribution in [1.29, 1.82) is 0 Å². The molecule has 0 aromatic heterocycles. The number of rotatable bonds is 1. The Balaban J connectivity index is 2.45. The van der Waals surface area contributed by atoms with E-state index in [1.165, 1.54) is 0 Å². The van der Waals surface area contributed by atoms with Gasteiger partial charge in [0.25, 0.3) is 5.24 Å². The van der Waals surface area contributed by atoms with Crippen LogP contribution >= 0.6 is 11.6 Å². The molecule has 1 heterocycles. The van der Waals surface area contributed by atoms with Crippen LogP contribution in [0.25, 0.3) is 10.8 Å². The van der Waals surface area contributed by atoms with E-state index in [2.05, 4.69) is 4.99 Å². The van der Waals surface area contributed by atoms with Crippen LogP contribution in [0.4, 0.5) is 5.69 Å². The molecule has 2 aromatic carbocycles. The molecule has 0 saturated heterocycles. The lowest BCUT2D eigenvalue weighted by Gasteiger charge is -1.99. The third kappa shape index (κ3) is 1.12. The van der Waals surface area contributed by atoms with Gasteiger partial charge in [0, 0.05) is 10.9 Å². The van der Waals surface area contributed by atoms with Crippen LogP contribution in [0.15, 0.2) is 41.4 Å². The molecule has 1 aliphatic rings. The molecule has 3 heteroatoms. The van der Waals surface area contributed by atoms with Gasteiger partial charge in [-0.05, 0) is 23.1 Å². The molecule has 0 N–H and O–H groups in total. The van der Waals surface area contributed by atoms with Gasteiger partial charge in [0.2, 0.25) is 0 Å². The first-order valence-corrected chi connectivity index (χ1v) is 4.96. The number of hydrogen-bond acceptors (Lipinski definition) is 2. The summed E-state index contributed by atoms with van der Waals surface area (Å²) < 4.78 is 0. The van der Waals surface area contributed by atoms with E-state index in [0.717, 1.165) is 22.0 Å². The Morgan fingerprint density at radius 2 is 1.87 bits per heavy atom. The maximum absolute atomic E-state index is 11.2. The maximum Gasteiger partial charge on any atom is 0.271 e. The number of hydrogen-bond donors (Lipinski definition) is 0. The van der Waals surface area contributed by atoms with E-state index >= 15 is 0 Å². The van der Waals surface area contributed by atoms with Gasteiger partial charge >= 0.3 is 0 Å². The molecule has 0 radical (unpaired) electrons. The largest absolute Gasteiger partial charge is 0.274 e. The minimum absolute atomic E-state index is 0.350.